The number of allylic oxidation sites excluding steroid dienone is 20. The van der Waals surface area contributed by atoms with Gasteiger partial charge < -0.3 is 20.1 Å². The van der Waals surface area contributed by atoms with E-state index in [2.05, 4.69) is 135 Å². The molecule has 0 saturated carbocycles. The van der Waals surface area contributed by atoms with Crippen molar-refractivity contribution in [1.82, 2.24) is 0 Å². The standard InChI is InChI=1S/C53H88NO7P/c1-3-5-7-9-11-13-15-17-19-21-23-24-25-26-27-28-29-30-32-34-36-38-40-42-44-46-53(55)61-52(51-60-62(56,57)59-49-47-54)50-58-48-45-43-41-39-37-35-33-31-22-20-18-16-14-12-10-8-6-4-2/h5-8,11-14,17-20,23-24,26-27,29-30,34,36,52H,3-4,9-10,15-16,21-22,25,28,31-33,35,37-51,54H2,1-2H3,(H,56,57)/b7-5-,8-6-,13-11-,14-12-,19-17-,20-18-,24-23-,27-26-,30-29-,36-34-. The minimum absolute atomic E-state index is 0.0858. The zero-order chi connectivity index (χ0) is 45.1. The van der Waals surface area contributed by atoms with Crippen molar-refractivity contribution in [1.29, 1.82) is 0 Å². The zero-order valence-corrected chi connectivity index (χ0v) is 39.9. The van der Waals surface area contributed by atoms with Crippen molar-refractivity contribution < 1.29 is 32.8 Å². The lowest BCUT2D eigenvalue weighted by Gasteiger charge is -2.20. The van der Waals surface area contributed by atoms with E-state index in [9.17, 15) is 14.3 Å². The van der Waals surface area contributed by atoms with Crippen LogP contribution < -0.4 is 5.73 Å². The van der Waals surface area contributed by atoms with Crippen LogP contribution in [0.5, 0.6) is 0 Å². The maximum atomic E-state index is 12.6. The van der Waals surface area contributed by atoms with Crippen molar-refractivity contribution in [3.05, 3.63) is 122 Å². The molecule has 0 saturated heterocycles. The number of esters is 1. The van der Waals surface area contributed by atoms with Crippen LogP contribution in [0, 0.1) is 0 Å². The number of hydrogen-bond donors (Lipinski definition) is 2. The fraction of sp³-hybridized carbons (Fsp3) is 0.604. The quantitative estimate of drug-likeness (QED) is 0.0269. The largest absolute Gasteiger partial charge is 0.472 e. The van der Waals surface area contributed by atoms with E-state index in [4.69, 9.17) is 24.3 Å². The Labute approximate surface area is 379 Å². The lowest BCUT2D eigenvalue weighted by Crippen LogP contribution is -2.28. The smallest absolute Gasteiger partial charge is 0.457 e. The number of nitrogens with two attached hydrogens (primary N) is 1. The van der Waals surface area contributed by atoms with Crippen LogP contribution in [0.25, 0.3) is 0 Å². The number of unbranched alkanes of at least 4 members (excludes halogenated alkanes) is 11. The van der Waals surface area contributed by atoms with E-state index < -0.39 is 13.9 Å². The molecule has 2 unspecified atom stereocenters. The molecule has 62 heavy (non-hydrogen) atoms. The van der Waals surface area contributed by atoms with E-state index >= 15 is 0 Å². The fourth-order valence-corrected chi connectivity index (χ4v) is 6.70. The summed E-state index contributed by atoms with van der Waals surface area (Å²) < 4.78 is 33.5. The van der Waals surface area contributed by atoms with E-state index in [1.54, 1.807) is 0 Å². The van der Waals surface area contributed by atoms with Crippen LogP contribution >= 0.6 is 7.82 Å². The average Bonchev–Trinajstić information content (AvgIpc) is 3.26. The van der Waals surface area contributed by atoms with Gasteiger partial charge in [0, 0.05) is 19.6 Å². The molecule has 352 valence electrons. The van der Waals surface area contributed by atoms with Gasteiger partial charge in [0.05, 0.1) is 19.8 Å². The summed E-state index contributed by atoms with van der Waals surface area (Å²) in [5, 5.41) is 0. The summed E-state index contributed by atoms with van der Waals surface area (Å²) >= 11 is 0. The molecule has 0 aliphatic carbocycles. The topological polar surface area (TPSA) is 117 Å². The molecule has 3 N–H and O–H groups in total. The van der Waals surface area contributed by atoms with Crippen molar-refractivity contribution in [3.8, 4) is 0 Å². The molecule has 0 heterocycles. The molecular formula is C53H88NO7P. The number of carbonyl (C=O) groups excluding carboxylic acids is 1. The summed E-state index contributed by atoms with van der Waals surface area (Å²) in [5.74, 6) is -0.370. The summed E-state index contributed by atoms with van der Waals surface area (Å²) in [6, 6.07) is 0. The Morgan fingerprint density at radius 1 is 0.484 bits per heavy atom. The summed E-state index contributed by atoms with van der Waals surface area (Å²) in [7, 11) is -4.30. The number of hydrogen-bond acceptors (Lipinski definition) is 7. The Balaban J connectivity index is 4.12. The number of phosphoric ester groups is 1. The summed E-state index contributed by atoms with van der Waals surface area (Å²) in [4.78, 5) is 22.6. The molecule has 9 heteroatoms. The van der Waals surface area contributed by atoms with Crippen LogP contribution in [0.3, 0.4) is 0 Å². The van der Waals surface area contributed by atoms with Crippen LogP contribution in [0.4, 0.5) is 0 Å². The molecule has 0 bridgehead atoms. The number of carbonyl (C=O) groups is 1. The molecule has 0 rings (SSSR count). The molecule has 0 aliphatic rings. The van der Waals surface area contributed by atoms with Crippen molar-refractivity contribution in [3.63, 3.8) is 0 Å². The first-order valence-electron chi connectivity index (χ1n) is 24.0. The molecule has 0 fully saturated rings. The van der Waals surface area contributed by atoms with Gasteiger partial charge in [0.25, 0.3) is 0 Å². The van der Waals surface area contributed by atoms with Gasteiger partial charge in [-0.1, -0.05) is 180 Å². The van der Waals surface area contributed by atoms with Gasteiger partial charge in [-0.3, -0.25) is 13.8 Å². The fourth-order valence-electron chi connectivity index (χ4n) is 5.93. The summed E-state index contributed by atoms with van der Waals surface area (Å²) in [5.41, 5.74) is 5.38. The normalized spacial score (nSPS) is 14.5. The van der Waals surface area contributed by atoms with E-state index in [0.717, 1.165) is 109 Å². The predicted molar refractivity (Wildman–Crippen MR) is 265 cm³/mol. The van der Waals surface area contributed by atoms with Gasteiger partial charge in [0.2, 0.25) is 0 Å². The Morgan fingerprint density at radius 3 is 1.27 bits per heavy atom. The first kappa shape index (κ1) is 58.9. The molecule has 0 radical (unpaired) electrons. The molecule has 0 aliphatic heterocycles. The van der Waals surface area contributed by atoms with Crippen LogP contribution in [-0.4, -0.2) is 49.9 Å². The van der Waals surface area contributed by atoms with Crippen LogP contribution in [0.15, 0.2) is 122 Å². The number of rotatable bonds is 44. The molecule has 0 amide bonds. The molecule has 0 spiro atoms. The maximum absolute atomic E-state index is 12.6. The average molecular weight is 882 g/mol. The highest BCUT2D eigenvalue weighted by Crippen LogP contribution is 2.43. The van der Waals surface area contributed by atoms with E-state index in [-0.39, 0.29) is 38.8 Å². The van der Waals surface area contributed by atoms with Gasteiger partial charge in [0.1, 0.15) is 6.10 Å². The van der Waals surface area contributed by atoms with Gasteiger partial charge in [-0.05, 0) is 103 Å². The SMILES string of the molecule is CC/C=C\C/C=C\C/C=C\C/C=C\C/C=C\C/C=C\C/C=C\CCCCCC(=O)OC(COCCCCCCCCCC/C=C\C/C=C\C/C=C\CC)COP(=O)(O)OCCN. The van der Waals surface area contributed by atoms with Crippen LogP contribution in [-0.2, 0) is 27.9 Å². The van der Waals surface area contributed by atoms with Gasteiger partial charge in [-0.15, -0.1) is 0 Å². The summed E-state index contributed by atoms with van der Waals surface area (Å²) in [6.45, 7) is 4.60. The zero-order valence-electron chi connectivity index (χ0n) is 39.1. The lowest BCUT2D eigenvalue weighted by molar-refractivity contribution is -0.154. The maximum Gasteiger partial charge on any atom is 0.472 e. The van der Waals surface area contributed by atoms with Crippen LogP contribution in [0.1, 0.15) is 168 Å². The van der Waals surface area contributed by atoms with Crippen molar-refractivity contribution >= 4 is 13.8 Å². The Morgan fingerprint density at radius 2 is 0.855 bits per heavy atom. The predicted octanol–water partition coefficient (Wildman–Crippen LogP) is 15.0. The third-order valence-corrected chi connectivity index (χ3v) is 10.4. The van der Waals surface area contributed by atoms with Gasteiger partial charge in [-0.2, -0.15) is 0 Å². The molecule has 2 atom stereocenters. The number of ether oxygens (including phenoxy) is 2. The first-order chi connectivity index (χ1) is 30.4. The van der Waals surface area contributed by atoms with E-state index in [0.29, 0.717) is 13.0 Å². The van der Waals surface area contributed by atoms with E-state index in [1.165, 1.54) is 32.1 Å². The molecule has 8 nitrogen and oxygen atoms in total. The molecule has 0 aromatic rings. The van der Waals surface area contributed by atoms with Gasteiger partial charge in [0.15, 0.2) is 0 Å². The van der Waals surface area contributed by atoms with Crippen molar-refractivity contribution in [2.24, 2.45) is 5.73 Å². The molecule has 0 aromatic carbocycles. The third-order valence-electron chi connectivity index (χ3n) is 9.37. The van der Waals surface area contributed by atoms with Crippen molar-refractivity contribution in [2.45, 2.75) is 174 Å². The third kappa shape index (κ3) is 47.9. The van der Waals surface area contributed by atoms with Crippen molar-refractivity contribution in [2.75, 3.05) is 33.0 Å². The summed E-state index contributed by atoms with van der Waals surface area (Å²) in [6.07, 6.45) is 68.0. The monoisotopic (exact) mass is 882 g/mol. The Hall–Kier alpha value is -3.10. The second kappa shape index (κ2) is 48.9. The first-order valence-corrected chi connectivity index (χ1v) is 25.5. The highest BCUT2D eigenvalue weighted by Gasteiger charge is 2.25. The van der Waals surface area contributed by atoms with Gasteiger partial charge >= 0.3 is 13.8 Å². The number of phosphoric acid groups is 1. The van der Waals surface area contributed by atoms with Crippen LogP contribution in [0.2, 0.25) is 0 Å². The second-order valence-corrected chi connectivity index (χ2v) is 16.7. The minimum Gasteiger partial charge on any atom is -0.457 e. The van der Waals surface area contributed by atoms with Gasteiger partial charge in [-0.25, -0.2) is 4.57 Å². The van der Waals surface area contributed by atoms with E-state index in [1.807, 2.05) is 0 Å². The molecular weight excluding hydrogens is 794 g/mol. The lowest BCUT2D eigenvalue weighted by atomic mass is 10.1. The second-order valence-electron chi connectivity index (χ2n) is 15.2. The Bertz CT molecular complexity index is 1360. The minimum atomic E-state index is -4.30. The highest BCUT2D eigenvalue weighted by molar-refractivity contribution is 7.47. The Kier molecular flexibility index (Phi) is 46.5. The highest BCUT2D eigenvalue weighted by atomic mass is 31.2. The molecule has 0 aromatic heterocycles.